The minimum Gasteiger partial charge on any atom is -0.497 e. The number of amides is 1. The third-order valence-electron chi connectivity index (χ3n) is 4.17. The van der Waals surface area contributed by atoms with Crippen molar-refractivity contribution in [2.24, 2.45) is 0 Å². The van der Waals surface area contributed by atoms with Crippen LogP contribution in [-0.2, 0) is 4.79 Å². The summed E-state index contributed by atoms with van der Waals surface area (Å²) < 4.78 is 6.61. The highest BCUT2D eigenvalue weighted by atomic mass is 16.5. The Hall–Kier alpha value is -3.35. The number of methoxy groups -OCH3 is 1. The van der Waals surface area contributed by atoms with E-state index in [-0.39, 0.29) is 18.2 Å². The number of fused-ring (bicyclic) bond motifs is 3. The summed E-state index contributed by atoms with van der Waals surface area (Å²) in [4.78, 5) is 29.4. The second-order valence-corrected chi connectivity index (χ2v) is 5.77. The molecule has 1 atom stereocenters. The Balaban J connectivity index is 1.55. The highest BCUT2D eigenvalue weighted by molar-refractivity contribution is 6.04. The highest BCUT2D eigenvalue weighted by Gasteiger charge is 2.31. The van der Waals surface area contributed by atoms with Crippen molar-refractivity contribution >= 4 is 34.5 Å². The summed E-state index contributed by atoms with van der Waals surface area (Å²) in [5, 5.41) is 5.86. The number of anilines is 2. The first-order chi connectivity index (χ1) is 12.2. The first kappa shape index (κ1) is 15.2. The van der Waals surface area contributed by atoms with E-state index in [4.69, 9.17) is 4.74 Å². The smallest absolute Gasteiger partial charge is 0.247 e. The molecule has 7 heteroatoms. The van der Waals surface area contributed by atoms with Gasteiger partial charge in [-0.3, -0.25) is 9.59 Å². The number of nitrogens with zero attached hydrogens (tertiary/aromatic N) is 2. The SMILES string of the molecule is COc1ccc(NC(=O)[C@@H]2CC(=O)n3c(nc4ccccc43)N2)cc1. The van der Waals surface area contributed by atoms with Gasteiger partial charge in [0.2, 0.25) is 17.8 Å². The van der Waals surface area contributed by atoms with Gasteiger partial charge in [0, 0.05) is 5.69 Å². The number of hydrogen-bond donors (Lipinski definition) is 2. The Labute approximate surface area is 143 Å². The van der Waals surface area contributed by atoms with Gasteiger partial charge in [-0.15, -0.1) is 0 Å². The van der Waals surface area contributed by atoms with E-state index in [0.29, 0.717) is 17.4 Å². The molecular weight excluding hydrogens is 320 g/mol. The molecule has 0 radical (unpaired) electrons. The van der Waals surface area contributed by atoms with Crippen LogP contribution in [0.4, 0.5) is 11.6 Å². The molecule has 2 heterocycles. The molecule has 0 saturated carbocycles. The van der Waals surface area contributed by atoms with E-state index in [1.807, 2.05) is 24.3 Å². The van der Waals surface area contributed by atoms with Crippen LogP contribution in [0.2, 0.25) is 0 Å². The molecule has 0 bridgehead atoms. The summed E-state index contributed by atoms with van der Waals surface area (Å²) in [5.41, 5.74) is 2.10. The van der Waals surface area contributed by atoms with Crippen LogP contribution in [0.3, 0.4) is 0 Å². The van der Waals surface area contributed by atoms with Gasteiger partial charge in [0.15, 0.2) is 0 Å². The summed E-state index contributed by atoms with van der Waals surface area (Å²) in [6.45, 7) is 0. The lowest BCUT2D eigenvalue weighted by Crippen LogP contribution is -2.42. The summed E-state index contributed by atoms with van der Waals surface area (Å²) in [5.74, 6) is 0.666. The van der Waals surface area contributed by atoms with E-state index in [9.17, 15) is 9.59 Å². The second kappa shape index (κ2) is 5.94. The van der Waals surface area contributed by atoms with Gasteiger partial charge in [-0.25, -0.2) is 9.55 Å². The second-order valence-electron chi connectivity index (χ2n) is 5.77. The van der Waals surface area contributed by atoms with Crippen molar-refractivity contribution in [2.45, 2.75) is 12.5 Å². The van der Waals surface area contributed by atoms with Crippen LogP contribution in [0.15, 0.2) is 48.5 Å². The van der Waals surface area contributed by atoms with E-state index in [1.165, 1.54) is 4.57 Å². The predicted molar refractivity (Wildman–Crippen MR) is 94.0 cm³/mol. The van der Waals surface area contributed by atoms with Crippen LogP contribution in [0.5, 0.6) is 5.75 Å². The number of carbonyl (C=O) groups excluding carboxylic acids is 2. The number of nitrogens with one attached hydrogen (secondary N) is 2. The fraction of sp³-hybridized carbons (Fsp3) is 0.167. The van der Waals surface area contributed by atoms with E-state index < -0.39 is 6.04 Å². The van der Waals surface area contributed by atoms with Crippen LogP contribution in [-0.4, -0.2) is 34.5 Å². The molecule has 0 saturated heterocycles. The Morgan fingerprint density at radius 2 is 2.00 bits per heavy atom. The first-order valence-electron chi connectivity index (χ1n) is 7.88. The van der Waals surface area contributed by atoms with E-state index in [1.54, 1.807) is 31.4 Å². The number of aromatic nitrogens is 2. The van der Waals surface area contributed by atoms with Crippen LogP contribution in [0.1, 0.15) is 11.2 Å². The Bertz CT molecular complexity index is 962. The van der Waals surface area contributed by atoms with Crippen molar-refractivity contribution in [3.63, 3.8) is 0 Å². The lowest BCUT2D eigenvalue weighted by molar-refractivity contribution is -0.117. The van der Waals surface area contributed by atoms with Crippen molar-refractivity contribution in [2.75, 3.05) is 17.7 Å². The zero-order chi connectivity index (χ0) is 17.4. The number of carbonyl (C=O) groups is 2. The number of hydrogen-bond acceptors (Lipinski definition) is 5. The Morgan fingerprint density at radius 3 is 2.76 bits per heavy atom. The molecule has 1 aliphatic rings. The van der Waals surface area contributed by atoms with E-state index in [2.05, 4.69) is 15.6 Å². The maximum absolute atomic E-state index is 12.5. The molecule has 1 aliphatic heterocycles. The van der Waals surface area contributed by atoms with Gasteiger partial charge in [-0.1, -0.05) is 12.1 Å². The summed E-state index contributed by atoms with van der Waals surface area (Å²) >= 11 is 0. The molecule has 1 amide bonds. The van der Waals surface area contributed by atoms with Gasteiger partial charge in [0.1, 0.15) is 11.8 Å². The summed E-state index contributed by atoms with van der Waals surface area (Å²) in [6, 6.07) is 13.7. The molecule has 126 valence electrons. The van der Waals surface area contributed by atoms with E-state index in [0.717, 1.165) is 11.0 Å². The molecule has 2 aromatic carbocycles. The van der Waals surface area contributed by atoms with Crippen LogP contribution in [0, 0.1) is 0 Å². The average Bonchev–Trinajstić information content (AvgIpc) is 3.01. The number of ether oxygens (including phenoxy) is 1. The zero-order valence-corrected chi connectivity index (χ0v) is 13.5. The Kier molecular flexibility index (Phi) is 3.61. The van der Waals surface area contributed by atoms with E-state index >= 15 is 0 Å². The monoisotopic (exact) mass is 336 g/mol. The number of benzene rings is 2. The minimum absolute atomic E-state index is 0.0648. The van der Waals surface area contributed by atoms with Crippen molar-refractivity contribution in [3.8, 4) is 5.75 Å². The van der Waals surface area contributed by atoms with Crippen molar-refractivity contribution in [3.05, 3.63) is 48.5 Å². The molecule has 1 aromatic heterocycles. The van der Waals surface area contributed by atoms with Gasteiger partial charge >= 0.3 is 0 Å². The number of rotatable bonds is 3. The molecule has 4 rings (SSSR count). The van der Waals surface area contributed by atoms with Gasteiger partial charge in [0.05, 0.1) is 24.6 Å². The lowest BCUT2D eigenvalue weighted by atomic mass is 10.1. The molecule has 0 unspecified atom stereocenters. The van der Waals surface area contributed by atoms with Crippen LogP contribution >= 0.6 is 0 Å². The largest absolute Gasteiger partial charge is 0.497 e. The first-order valence-corrected chi connectivity index (χ1v) is 7.88. The maximum Gasteiger partial charge on any atom is 0.247 e. The topological polar surface area (TPSA) is 85.2 Å². The molecule has 25 heavy (non-hydrogen) atoms. The standard InChI is InChI=1S/C18H16N4O3/c1-25-12-8-6-11(7-9-12)19-17(24)14-10-16(23)22-15-5-3-2-4-13(15)20-18(22)21-14/h2-9,14H,10H2,1H3,(H,19,24)(H,20,21)/t14-/m0/s1. The highest BCUT2D eigenvalue weighted by Crippen LogP contribution is 2.25. The average molecular weight is 336 g/mol. The molecule has 0 spiro atoms. The van der Waals surface area contributed by atoms with Crippen LogP contribution < -0.4 is 15.4 Å². The maximum atomic E-state index is 12.5. The predicted octanol–water partition coefficient (Wildman–Crippen LogP) is 2.51. The molecule has 3 aromatic rings. The normalized spacial score (nSPS) is 16.2. The fourth-order valence-corrected chi connectivity index (χ4v) is 2.91. The molecular formula is C18H16N4O3. The third-order valence-corrected chi connectivity index (χ3v) is 4.17. The molecule has 2 N–H and O–H groups in total. The Morgan fingerprint density at radius 1 is 1.24 bits per heavy atom. The van der Waals surface area contributed by atoms with Gasteiger partial charge in [-0.2, -0.15) is 0 Å². The fourth-order valence-electron chi connectivity index (χ4n) is 2.91. The quantitative estimate of drug-likeness (QED) is 0.768. The number of imidazole rings is 1. The number of para-hydroxylation sites is 2. The van der Waals surface area contributed by atoms with Gasteiger partial charge < -0.3 is 15.4 Å². The van der Waals surface area contributed by atoms with Crippen LogP contribution in [0.25, 0.3) is 11.0 Å². The van der Waals surface area contributed by atoms with Crippen molar-refractivity contribution < 1.29 is 14.3 Å². The summed E-state index contributed by atoms with van der Waals surface area (Å²) in [6.07, 6.45) is 0.0648. The molecule has 0 fully saturated rings. The van der Waals surface area contributed by atoms with Crippen molar-refractivity contribution in [1.82, 2.24) is 9.55 Å². The third kappa shape index (κ3) is 2.69. The molecule has 7 nitrogen and oxygen atoms in total. The molecule has 0 aliphatic carbocycles. The summed E-state index contributed by atoms with van der Waals surface area (Å²) in [7, 11) is 1.58. The zero-order valence-electron chi connectivity index (χ0n) is 13.5. The van der Waals surface area contributed by atoms with Gasteiger partial charge in [0.25, 0.3) is 0 Å². The van der Waals surface area contributed by atoms with Gasteiger partial charge in [-0.05, 0) is 36.4 Å². The lowest BCUT2D eigenvalue weighted by Gasteiger charge is -2.23. The minimum atomic E-state index is -0.668. The van der Waals surface area contributed by atoms with Crippen molar-refractivity contribution in [1.29, 1.82) is 0 Å².